The van der Waals surface area contributed by atoms with Gasteiger partial charge in [0.15, 0.2) is 5.76 Å². The van der Waals surface area contributed by atoms with Crippen molar-refractivity contribution in [3.05, 3.63) is 83.2 Å². The van der Waals surface area contributed by atoms with Crippen LogP contribution in [-0.2, 0) is 43.1 Å². The Kier molecular flexibility index (Phi) is 8.26. The van der Waals surface area contributed by atoms with E-state index in [1.807, 2.05) is 81.4 Å². The number of benzene rings is 2. The molecule has 1 aliphatic rings. The average Bonchev–Trinajstić information content (AvgIpc) is 3.09. The Balaban J connectivity index is 1.77. The molecule has 168 valence electrons. The molecule has 3 atom stereocenters. The van der Waals surface area contributed by atoms with Crippen molar-refractivity contribution < 1.29 is 23.2 Å². The Morgan fingerprint density at radius 1 is 0.968 bits per heavy atom. The molecule has 7 heteroatoms. The van der Waals surface area contributed by atoms with Gasteiger partial charge in [-0.2, -0.15) is 0 Å². The SMILES string of the molecule is COC1OC(COCc2ccccc2)C(OCc2ccccc2)=C1NS(=O)C(C)(C)C. The van der Waals surface area contributed by atoms with Crippen LogP contribution in [0.3, 0.4) is 0 Å². The van der Waals surface area contributed by atoms with Crippen LogP contribution in [0.15, 0.2) is 72.1 Å². The molecule has 6 nitrogen and oxygen atoms in total. The third kappa shape index (κ3) is 6.64. The lowest BCUT2D eigenvalue weighted by Gasteiger charge is -2.21. The maximum absolute atomic E-state index is 12.8. The van der Waals surface area contributed by atoms with Gasteiger partial charge in [-0.1, -0.05) is 60.7 Å². The topological polar surface area (TPSA) is 66.0 Å². The van der Waals surface area contributed by atoms with Crippen LogP contribution in [0.25, 0.3) is 0 Å². The first-order valence-electron chi connectivity index (χ1n) is 10.3. The highest BCUT2D eigenvalue weighted by Crippen LogP contribution is 2.30. The average molecular weight is 446 g/mol. The quantitative estimate of drug-likeness (QED) is 0.598. The van der Waals surface area contributed by atoms with Gasteiger partial charge in [0.05, 0.1) is 18.0 Å². The molecular formula is C24H31NO5S. The minimum absolute atomic E-state index is 0.284. The van der Waals surface area contributed by atoms with Crippen LogP contribution >= 0.6 is 0 Å². The predicted octanol–water partition coefficient (Wildman–Crippen LogP) is 4.05. The van der Waals surface area contributed by atoms with Crippen LogP contribution < -0.4 is 4.72 Å². The van der Waals surface area contributed by atoms with Crippen LogP contribution in [0.5, 0.6) is 0 Å². The van der Waals surface area contributed by atoms with Crippen LogP contribution in [0.2, 0.25) is 0 Å². The maximum Gasteiger partial charge on any atom is 0.203 e. The van der Waals surface area contributed by atoms with Gasteiger partial charge >= 0.3 is 0 Å². The van der Waals surface area contributed by atoms with E-state index in [0.717, 1.165) is 11.1 Å². The molecular weight excluding hydrogens is 414 g/mol. The van der Waals surface area contributed by atoms with Gasteiger partial charge in [-0.05, 0) is 31.9 Å². The second kappa shape index (κ2) is 10.9. The Morgan fingerprint density at radius 2 is 1.55 bits per heavy atom. The minimum Gasteiger partial charge on any atom is -0.488 e. The van der Waals surface area contributed by atoms with Crippen LogP contribution in [-0.4, -0.2) is 35.1 Å². The first-order chi connectivity index (χ1) is 14.9. The summed E-state index contributed by atoms with van der Waals surface area (Å²) in [4.78, 5) is 0. The number of methoxy groups -OCH3 is 1. The fraction of sp³-hybridized carbons (Fsp3) is 0.417. The van der Waals surface area contributed by atoms with Gasteiger partial charge in [0.1, 0.15) is 29.4 Å². The van der Waals surface area contributed by atoms with Crippen LogP contribution in [0.1, 0.15) is 31.9 Å². The smallest absolute Gasteiger partial charge is 0.203 e. The molecule has 31 heavy (non-hydrogen) atoms. The fourth-order valence-electron chi connectivity index (χ4n) is 2.97. The molecule has 0 bridgehead atoms. The molecule has 0 amide bonds. The second-order valence-corrected chi connectivity index (χ2v) is 10.2. The Hall–Kier alpha value is -2.19. The second-order valence-electron chi connectivity index (χ2n) is 8.23. The van der Waals surface area contributed by atoms with Crippen molar-refractivity contribution in [2.75, 3.05) is 13.7 Å². The summed E-state index contributed by atoms with van der Waals surface area (Å²) >= 11 is 0. The van der Waals surface area contributed by atoms with Crippen LogP contribution in [0.4, 0.5) is 0 Å². The molecule has 0 radical (unpaired) electrons. The van der Waals surface area contributed by atoms with E-state index in [9.17, 15) is 4.21 Å². The minimum atomic E-state index is -1.36. The molecule has 1 heterocycles. The Bertz CT molecular complexity index is 880. The summed E-state index contributed by atoms with van der Waals surface area (Å²) in [6.45, 7) is 6.81. The number of nitrogens with one attached hydrogen (secondary N) is 1. The lowest BCUT2D eigenvalue weighted by atomic mass is 10.2. The molecule has 0 aliphatic carbocycles. The van der Waals surface area contributed by atoms with E-state index in [0.29, 0.717) is 24.7 Å². The van der Waals surface area contributed by atoms with Crippen molar-refractivity contribution in [2.45, 2.75) is 51.1 Å². The third-order valence-corrected chi connectivity index (χ3v) is 6.19. The maximum atomic E-state index is 12.8. The first-order valence-corrected chi connectivity index (χ1v) is 11.4. The molecule has 0 saturated carbocycles. The van der Waals surface area contributed by atoms with E-state index in [1.165, 1.54) is 0 Å². The van der Waals surface area contributed by atoms with Crippen molar-refractivity contribution in [3.8, 4) is 0 Å². The molecule has 0 saturated heterocycles. The molecule has 2 aromatic carbocycles. The van der Waals surface area contributed by atoms with Gasteiger partial charge < -0.3 is 23.7 Å². The zero-order valence-electron chi connectivity index (χ0n) is 18.5. The van der Waals surface area contributed by atoms with Gasteiger partial charge in [-0.3, -0.25) is 0 Å². The molecule has 0 aromatic heterocycles. The number of rotatable bonds is 10. The van der Waals surface area contributed by atoms with Crippen molar-refractivity contribution in [1.29, 1.82) is 0 Å². The summed E-state index contributed by atoms with van der Waals surface area (Å²) in [6, 6.07) is 19.8. The van der Waals surface area contributed by atoms with E-state index in [-0.39, 0.29) is 6.61 Å². The van der Waals surface area contributed by atoms with Gasteiger partial charge in [0.2, 0.25) is 6.29 Å². The van der Waals surface area contributed by atoms with Gasteiger partial charge in [-0.25, -0.2) is 4.21 Å². The molecule has 2 aromatic rings. The molecule has 3 unspecified atom stereocenters. The largest absolute Gasteiger partial charge is 0.488 e. The van der Waals surface area contributed by atoms with E-state index >= 15 is 0 Å². The Labute approximate surface area is 187 Å². The van der Waals surface area contributed by atoms with E-state index in [1.54, 1.807) is 7.11 Å². The highest BCUT2D eigenvalue weighted by Gasteiger charge is 2.39. The highest BCUT2D eigenvalue weighted by atomic mass is 32.2. The predicted molar refractivity (Wildman–Crippen MR) is 121 cm³/mol. The van der Waals surface area contributed by atoms with Gasteiger partial charge in [-0.15, -0.1) is 0 Å². The number of hydrogen-bond acceptors (Lipinski definition) is 5. The van der Waals surface area contributed by atoms with Crippen molar-refractivity contribution in [3.63, 3.8) is 0 Å². The van der Waals surface area contributed by atoms with Crippen molar-refractivity contribution >= 4 is 11.0 Å². The van der Waals surface area contributed by atoms with E-state index in [2.05, 4.69) is 4.72 Å². The normalized spacial score (nSPS) is 20.0. The summed E-state index contributed by atoms with van der Waals surface area (Å²) in [5.41, 5.74) is 2.64. The summed E-state index contributed by atoms with van der Waals surface area (Å²) in [6.07, 6.45) is -1.18. The van der Waals surface area contributed by atoms with Crippen molar-refractivity contribution in [1.82, 2.24) is 4.72 Å². The summed E-state index contributed by atoms with van der Waals surface area (Å²) in [5, 5.41) is 0. The summed E-state index contributed by atoms with van der Waals surface area (Å²) in [5.74, 6) is 0.557. The molecule has 3 rings (SSSR count). The monoisotopic (exact) mass is 445 g/mol. The third-order valence-electron chi connectivity index (χ3n) is 4.67. The number of ether oxygens (including phenoxy) is 4. The van der Waals surface area contributed by atoms with E-state index < -0.39 is 28.1 Å². The molecule has 1 N–H and O–H groups in total. The molecule has 1 aliphatic heterocycles. The zero-order valence-corrected chi connectivity index (χ0v) is 19.3. The standard InChI is InChI=1S/C24H31NO5S/c1-24(2,3)31(26)25-21-22(29-16-19-13-9-6-10-14-19)20(30-23(21)27-4)17-28-15-18-11-7-5-8-12-18/h5-14,20,23,25H,15-17H2,1-4H3. The van der Waals surface area contributed by atoms with Crippen LogP contribution in [0, 0.1) is 0 Å². The zero-order chi connectivity index (χ0) is 22.3. The van der Waals surface area contributed by atoms with E-state index in [4.69, 9.17) is 18.9 Å². The lowest BCUT2D eigenvalue weighted by molar-refractivity contribution is -0.128. The molecule has 0 fully saturated rings. The first kappa shape index (κ1) is 23.5. The highest BCUT2D eigenvalue weighted by molar-refractivity contribution is 7.84. The lowest BCUT2D eigenvalue weighted by Crippen LogP contribution is -2.36. The van der Waals surface area contributed by atoms with Gasteiger partial charge in [0.25, 0.3) is 0 Å². The van der Waals surface area contributed by atoms with Crippen molar-refractivity contribution in [2.24, 2.45) is 0 Å². The fourth-order valence-corrected chi connectivity index (χ4v) is 3.68. The van der Waals surface area contributed by atoms with Gasteiger partial charge in [0, 0.05) is 7.11 Å². The summed E-state index contributed by atoms with van der Waals surface area (Å²) in [7, 11) is 0.193. The molecule has 0 spiro atoms. The number of hydrogen-bond donors (Lipinski definition) is 1. The summed E-state index contributed by atoms with van der Waals surface area (Å²) < 4.78 is 39.0. The Morgan fingerprint density at radius 3 is 2.10 bits per heavy atom.